The Morgan fingerprint density at radius 1 is 1.24 bits per heavy atom. The van der Waals surface area contributed by atoms with Crippen LogP contribution >= 0.6 is 0 Å². The largest absolute Gasteiger partial charge is 0.381 e. The van der Waals surface area contributed by atoms with Gasteiger partial charge in [-0.25, -0.2) is 0 Å². The van der Waals surface area contributed by atoms with E-state index in [1.165, 1.54) is 44.9 Å². The molecule has 2 fully saturated rings. The molecule has 0 aromatic carbocycles. The summed E-state index contributed by atoms with van der Waals surface area (Å²) in [7, 11) is 2.27. The van der Waals surface area contributed by atoms with Gasteiger partial charge in [0.15, 0.2) is 0 Å². The highest BCUT2D eigenvalue weighted by Gasteiger charge is 2.35. The van der Waals surface area contributed by atoms with Gasteiger partial charge in [-0.05, 0) is 32.2 Å². The molecule has 3 nitrogen and oxygen atoms in total. The fraction of sp³-hybridized carbons (Fsp3) is 1.00. The first-order valence-corrected chi connectivity index (χ1v) is 7.26. The number of rotatable bonds is 4. The van der Waals surface area contributed by atoms with E-state index in [0.29, 0.717) is 0 Å². The first-order chi connectivity index (χ1) is 8.27. The van der Waals surface area contributed by atoms with Crippen LogP contribution < -0.4 is 5.73 Å². The fourth-order valence-electron chi connectivity index (χ4n) is 3.44. The van der Waals surface area contributed by atoms with Gasteiger partial charge in [0.25, 0.3) is 0 Å². The van der Waals surface area contributed by atoms with Crippen LogP contribution in [0.2, 0.25) is 0 Å². The topological polar surface area (TPSA) is 38.5 Å². The monoisotopic (exact) mass is 240 g/mol. The second-order valence-corrected chi connectivity index (χ2v) is 5.95. The third kappa shape index (κ3) is 3.21. The van der Waals surface area contributed by atoms with E-state index >= 15 is 0 Å². The van der Waals surface area contributed by atoms with Crippen LogP contribution in [0.15, 0.2) is 0 Å². The minimum Gasteiger partial charge on any atom is -0.381 e. The standard InChI is InChI=1S/C14H28N2O/c1-16(10-13-6-9-17-11-13)14(12-15)7-4-2-3-5-8-14/h13H,2-12,15H2,1H3. The number of ether oxygens (including phenoxy) is 1. The minimum atomic E-state index is 0.277. The number of hydrogen-bond donors (Lipinski definition) is 1. The maximum atomic E-state index is 6.11. The Morgan fingerprint density at radius 3 is 2.47 bits per heavy atom. The van der Waals surface area contributed by atoms with E-state index in [2.05, 4.69) is 11.9 Å². The molecule has 100 valence electrons. The summed E-state index contributed by atoms with van der Waals surface area (Å²) in [5, 5.41) is 0. The van der Waals surface area contributed by atoms with Crippen LogP contribution in [0.5, 0.6) is 0 Å². The van der Waals surface area contributed by atoms with Gasteiger partial charge in [0, 0.05) is 25.2 Å². The summed E-state index contributed by atoms with van der Waals surface area (Å²) in [6, 6.07) is 0. The number of hydrogen-bond acceptors (Lipinski definition) is 3. The third-order valence-corrected chi connectivity index (χ3v) is 4.78. The summed E-state index contributed by atoms with van der Waals surface area (Å²) < 4.78 is 5.48. The molecule has 0 radical (unpaired) electrons. The second-order valence-electron chi connectivity index (χ2n) is 5.95. The first-order valence-electron chi connectivity index (χ1n) is 7.26. The summed E-state index contributed by atoms with van der Waals surface area (Å²) >= 11 is 0. The molecule has 2 rings (SSSR count). The molecule has 1 atom stereocenters. The fourth-order valence-corrected chi connectivity index (χ4v) is 3.44. The van der Waals surface area contributed by atoms with Gasteiger partial charge in [-0.15, -0.1) is 0 Å². The maximum Gasteiger partial charge on any atom is 0.0507 e. The van der Waals surface area contributed by atoms with E-state index in [4.69, 9.17) is 10.5 Å². The number of nitrogens with two attached hydrogens (primary N) is 1. The lowest BCUT2D eigenvalue weighted by Gasteiger charge is -2.42. The van der Waals surface area contributed by atoms with Crippen molar-refractivity contribution in [1.82, 2.24) is 4.90 Å². The van der Waals surface area contributed by atoms with Gasteiger partial charge >= 0.3 is 0 Å². The van der Waals surface area contributed by atoms with Gasteiger partial charge < -0.3 is 10.5 Å². The molecule has 0 spiro atoms. The summed E-state index contributed by atoms with van der Waals surface area (Å²) in [4.78, 5) is 2.55. The molecule has 1 saturated carbocycles. The number of nitrogens with zero attached hydrogens (tertiary/aromatic N) is 1. The van der Waals surface area contributed by atoms with Crippen LogP contribution in [0, 0.1) is 5.92 Å². The normalized spacial score (nSPS) is 29.5. The van der Waals surface area contributed by atoms with Crippen molar-refractivity contribution in [2.45, 2.75) is 50.5 Å². The van der Waals surface area contributed by atoms with Crippen LogP contribution in [0.25, 0.3) is 0 Å². The molecule has 17 heavy (non-hydrogen) atoms. The van der Waals surface area contributed by atoms with E-state index in [9.17, 15) is 0 Å². The molecule has 0 amide bonds. The van der Waals surface area contributed by atoms with Gasteiger partial charge in [0.2, 0.25) is 0 Å². The average Bonchev–Trinajstić information content (AvgIpc) is 2.72. The Hall–Kier alpha value is -0.120. The van der Waals surface area contributed by atoms with Crippen LogP contribution in [-0.2, 0) is 4.74 Å². The predicted molar refractivity (Wildman–Crippen MR) is 71.0 cm³/mol. The van der Waals surface area contributed by atoms with Crippen molar-refractivity contribution in [3.63, 3.8) is 0 Å². The first kappa shape index (κ1) is 13.3. The molecular formula is C14H28N2O. The quantitative estimate of drug-likeness (QED) is 0.764. The zero-order valence-corrected chi connectivity index (χ0v) is 11.3. The summed E-state index contributed by atoms with van der Waals surface area (Å²) in [5.74, 6) is 0.728. The van der Waals surface area contributed by atoms with Crippen molar-refractivity contribution in [2.24, 2.45) is 11.7 Å². The SMILES string of the molecule is CN(CC1CCOC1)C1(CN)CCCCCC1. The molecule has 1 aliphatic heterocycles. The number of likely N-dealkylation sites (N-methyl/N-ethyl adjacent to an activating group) is 1. The lowest BCUT2D eigenvalue weighted by atomic mass is 9.87. The highest BCUT2D eigenvalue weighted by molar-refractivity contribution is 4.92. The van der Waals surface area contributed by atoms with Crippen molar-refractivity contribution in [1.29, 1.82) is 0 Å². The minimum absolute atomic E-state index is 0.277. The molecule has 2 N–H and O–H groups in total. The third-order valence-electron chi connectivity index (χ3n) is 4.78. The highest BCUT2D eigenvalue weighted by Crippen LogP contribution is 2.32. The second kappa shape index (κ2) is 6.17. The molecule has 0 aromatic rings. The molecule has 1 unspecified atom stereocenters. The lowest BCUT2D eigenvalue weighted by Crippen LogP contribution is -2.53. The smallest absolute Gasteiger partial charge is 0.0507 e. The Morgan fingerprint density at radius 2 is 1.94 bits per heavy atom. The molecule has 1 aliphatic carbocycles. The Bertz CT molecular complexity index is 218. The van der Waals surface area contributed by atoms with Crippen molar-refractivity contribution in [2.75, 3.05) is 33.4 Å². The van der Waals surface area contributed by atoms with E-state index < -0.39 is 0 Å². The predicted octanol–water partition coefficient (Wildman–Crippen LogP) is 2.01. The molecule has 3 heteroatoms. The van der Waals surface area contributed by atoms with Gasteiger partial charge in [0.1, 0.15) is 0 Å². The van der Waals surface area contributed by atoms with Crippen LogP contribution in [0.4, 0.5) is 0 Å². The zero-order chi connectivity index (χ0) is 12.1. The Kier molecular flexibility index (Phi) is 4.83. The van der Waals surface area contributed by atoms with E-state index in [0.717, 1.165) is 32.2 Å². The van der Waals surface area contributed by atoms with E-state index in [1.807, 2.05) is 0 Å². The van der Waals surface area contributed by atoms with Gasteiger partial charge in [0.05, 0.1) is 6.61 Å². The van der Waals surface area contributed by atoms with E-state index in [-0.39, 0.29) is 5.54 Å². The van der Waals surface area contributed by atoms with Gasteiger partial charge in [-0.1, -0.05) is 25.7 Å². The molecular weight excluding hydrogens is 212 g/mol. The summed E-state index contributed by atoms with van der Waals surface area (Å²) in [5.41, 5.74) is 6.39. The molecule has 0 bridgehead atoms. The highest BCUT2D eigenvalue weighted by atomic mass is 16.5. The average molecular weight is 240 g/mol. The molecule has 1 saturated heterocycles. The Labute approximate surface area is 106 Å². The van der Waals surface area contributed by atoms with Crippen LogP contribution in [0.1, 0.15) is 44.9 Å². The van der Waals surface area contributed by atoms with Crippen molar-refractivity contribution < 1.29 is 4.74 Å². The molecule has 1 heterocycles. The lowest BCUT2D eigenvalue weighted by molar-refractivity contribution is 0.0839. The van der Waals surface area contributed by atoms with Crippen LogP contribution in [-0.4, -0.2) is 43.8 Å². The van der Waals surface area contributed by atoms with Crippen LogP contribution in [0.3, 0.4) is 0 Å². The van der Waals surface area contributed by atoms with Crippen molar-refractivity contribution >= 4 is 0 Å². The van der Waals surface area contributed by atoms with Crippen molar-refractivity contribution in [3.8, 4) is 0 Å². The Balaban J connectivity index is 1.94. The molecule has 2 aliphatic rings. The van der Waals surface area contributed by atoms with Crippen molar-refractivity contribution in [3.05, 3.63) is 0 Å². The maximum absolute atomic E-state index is 6.11. The van der Waals surface area contributed by atoms with Gasteiger partial charge in [-0.2, -0.15) is 0 Å². The zero-order valence-electron chi connectivity index (χ0n) is 11.3. The van der Waals surface area contributed by atoms with E-state index in [1.54, 1.807) is 0 Å². The molecule has 0 aromatic heterocycles. The van der Waals surface area contributed by atoms with Gasteiger partial charge in [-0.3, -0.25) is 4.90 Å². The summed E-state index contributed by atoms with van der Waals surface area (Å²) in [6.07, 6.45) is 9.28. The summed E-state index contributed by atoms with van der Waals surface area (Å²) in [6.45, 7) is 3.88.